The summed E-state index contributed by atoms with van der Waals surface area (Å²) in [5.41, 5.74) is 0.938. The van der Waals surface area contributed by atoms with Crippen molar-refractivity contribution in [3.05, 3.63) is 29.3 Å². The first-order chi connectivity index (χ1) is 8.42. The summed E-state index contributed by atoms with van der Waals surface area (Å²) in [6.45, 7) is 3.96. The molecule has 5 nitrogen and oxygen atoms in total. The van der Waals surface area contributed by atoms with Gasteiger partial charge in [0.1, 0.15) is 0 Å². The number of methoxy groups -OCH3 is 1. The van der Waals surface area contributed by atoms with Gasteiger partial charge in [-0.25, -0.2) is 17.9 Å². The molecule has 100 valence electrons. The van der Waals surface area contributed by atoms with Gasteiger partial charge in [0.05, 0.1) is 17.6 Å². The Labute approximate surface area is 107 Å². The zero-order chi connectivity index (χ0) is 13.8. The predicted octanol–water partition coefficient (Wildman–Crippen LogP) is 1.47. The van der Waals surface area contributed by atoms with Gasteiger partial charge in [0.15, 0.2) is 0 Å². The summed E-state index contributed by atoms with van der Waals surface area (Å²) in [5.74, 6) is -0.542. The van der Waals surface area contributed by atoms with Crippen LogP contribution in [-0.4, -0.2) is 28.0 Å². The van der Waals surface area contributed by atoms with Gasteiger partial charge in [-0.3, -0.25) is 0 Å². The van der Waals surface area contributed by atoms with Crippen molar-refractivity contribution in [2.24, 2.45) is 0 Å². The molecule has 6 heteroatoms. The molecule has 1 rings (SSSR count). The van der Waals surface area contributed by atoms with E-state index in [1.165, 1.54) is 19.2 Å². The average molecular weight is 271 g/mol. The molecular weight excluding hydrogens is 254 g/mol. The molecule has 0 heterocycles. The zero-order valence-corrected chi connectivity index (χ0v) is 11.5. The number of aryl methyl sites for hydroxylation is 1. The molecule has 0 aliphatic rings. The van der Waals surface area contributed by atoms with Crippen LogP contribution in [-0.2, 0) is 14.8 Å². The Morgan fingerprint density at radius 1 is 1.39 bits per heavy atom. The Bertz CT molecular complexity index is 537. The van der Waals surface area contributed by atoms with Crippen LogP contribution in [0.4, 0.5) is 0 Å². The molecule has 0 unspecified atom stereocenters. The number of hydrogen-bond acceptors (Lipinski definition) is 4. The van der Waals surface area contributed by atoms with Crippen LogP contribution in [0.1, 0.15) is 29.3 Å². The van der Waals surface area contributed by atoms with Crippen LogP contribution >= 0.6 is 0 Å². The van der Waals surface area contributed by atoms with E-state index in [0.29, 0.717) is 18.5 Å². The van der Waals surface area contributed by atoms with E-state index in [1.807, 2.05) is 6.92 Å². The highest BCUT2D eigenvalue weighted by atomic mass is 32.2. The molecule has 0 saturated carbocycles. The number of esters is 1. The number of rotatable bonds is 5. The number of ether oxygens (including phenoxy) is 1. The molecular formula is C12H17NO4S. The summed E-state index contributed by atoms with van der Waals surface area (Å²) in [6.07, 6.45) is 0.703. The predicted molar refractivity (Wildman–Crippen MR) is 68.0 cm³/mol. The van der Waals surface area contributed by atoms with Crippen LogP contribution < -0.4 is 4.72 Å². The lowest BCUT2D eigenvalue weighted by atomic mass is 10.1. The summed E-state index contributed by atoms with van der Waals surface area (Å²) in [4.78, 5) is 11.6. The van der Waals surface area contributed by atoms with Crippen molar-refractivity contribution in [1.29, 1.82) is 0 Å². The highest BCUT2D eigenvalue weighted by Gasteiger charge is 2.17. The van der Waals surface area contributed by atoms with Crippen LogP contribution in [0.2, 0.25) is 0 Å². The molecule has 0 amide bonds. The maximum absolute atomic E-state index is 11.9. The van der Waals surface area contributed by atoms with E-state index in [-0.39, 0.29) is 10.5 Å². The molecule has 0 saturated heterocycles. The van der Waals surface area contributed by atoms with Crippen LogP contribution in [0.25, 0.3) is 0 Å². The Kier molecular flexibility index (Phi) is 4.86. The van der Waals surface area contributed by atoms with E-state index in [4.69, 9.17) is 0 Å². The van der Waals surface area contributed by atoms with Crippen LogP contribution in [0.15, 0.2) is 23.1 Å². The van der Waals surface area contributed by atoms with Crippen molar-refractivity contribution in [3.63, 3.8) is 0 Å². The van der Waals surface area contributed by atoms with Crippen LogP contribution in [0.5, 0.6) is 0 Å². The highest BCUT2D eigenvalue weighted by Crippen LogP contribution is 2.16. The lowest BCUT2D eigenvalue weighted by Crippen LogP contribution is -2.24. The van der Waals surface area contributed by atoms with Gasteiger partial charge in [-0.1, -0.05) is 13.0 Å². The molecule has 0 atom stereocenters. The van der Waals surface area contributed by atoms with Gasteiger partial charge in [-0.2, -0.15) is 0 Å². The molecule has 0 spiro atoms. The summed E-state index contributed by atoms with van der Waals surface area (Å²) in [5, 5.41) is 0. The van der Waals surface area contributed by atoms with E-state index in [0.717, 1.165) is 0 Å². The Hall–Kier alpha value is -1.40. The Balaban J connectivity index is 3.16. The van der Waals surface area contributed by atoms with E-state index < -0.39 is 16.0 Å². The van der Waals surface area contributed by atoms with Gasteiger partial charge in [0, 0.05) is 6.54 Å². The molecule has 0 radical (unpaired) electrons. The number of benzene rings is 1. The van der Waals surface area contributed by atoms with Gasteiger partial charge >= 0.3 is 5.97 Å². The maximum atomic E-state index is 11.9. The van der Waals surface area contributed by atoms with Crippen molar-refractivity contribution in [3.8, 4) is 0 Å². The van der Waals surface area contributed by atoms with Crippen molar-refractivity contribution in [1.82, 2.24) is 4.72 Å². The second-order valence-corrected chi connectivity index (χ2v) is 5.63. The number of sulfonamides is 1. The first-order valence-corrected chi connectivity index (χ1v) is 7.09. The minimum atomic E-state index is -3.56. The third-order valence-electron chi connectivity index (χ3n) is 2.47. The average Bonchev–Trinajstić information content (AvgIpc) is 2.35. The fourth-order valence-corrected chi connectivity index (χ4v) is 2.58. The minimum Gasteiger partial charge on any atom is -0.465 e. The third-order valence-corrected chi connectivity index (χ3v) is 3.93. The molecule has 0 bridgehead atoms. The van der Waals surface area contributed by atoms with Gasteiger partial charge in [0.25, 0.3) is 0 Å². The largest absolute Gasteiger partial charge is 0.465 e. The van der Waals surface area contributed by atoms with Crippen molar-refractivity contribution in [2.75, 3.05) is 13.7 Å². The van der Waals surface area contributed by atoms with E-state index in [1.54, 1.807) is 13.0 Å². The van der Waals surface area contributed by atoms with Gasteiger partial charge in [-0.05, 0) is 31.0 Å². The number of carbonyl (C=O) groups excluding carboxylic acids is 1. The first kappa shape index (κ1) is 14.7. The summed E-state index contributed by atoms with van der Waals surface area (Å²) in [6, 6.07) is 4.39. The molecule has 0 fully saturated rings. The SMILES string of the molecule is CCCNS(=O)(=O)c1ccc(C)c(C(=O)OC)c1. The number of carbonyl (C=O) groups is 1. The van der Waals surface area contributed by atoms with Gasteiger partial charge < -0.3 is 4.74 Å². The third kappa shape index (κ3) is 3.30. The lowest BCUT2D eigenvalue weighted by Gasteiger charge is -2.09. The minimum absolute atomic E-state index is 0.0713. The van der Waals surface area contributed by atoms with E-state index in [9.17, 15) is 13.2 Å². The number of nitrogens with one attached hydrogen (secondary N) is 1. The molecule has 1 N–H and O–H groups in total. The van der Waals surface area contributed by atoms with Crippen molar-refractivity contribution in [2.45, 2.75) is 25.2 Å². The van der Waals surface area contributed by atoms with Crippen molar-refractivity contribution >= 4 is 16.0 Å². The van der Waals surface area contributed by atoms with Gasteiger partial charge in [-0.15, -0.1) is 0 Å². The number of hydrogen-bond donors (Lipinski definition) is 1. The van der Waals surface area contributed by atoms with Crippen LogP contribution in [0, 0.1) is 6.92 Å². The van der Waals surface area contributed by atoms with Gasteiger partial charge in [0.2, 0.25) is 10.0 Å². The lowest BCUT2D eigenvalue weighted by molar-refractivity contribution is 0.0599. The van der Waals surface area contributed by atoms with Crippen molar-refractivity contribution < 1.29 is 17.9 Å². The molecule has 1 aromatic rings. The van der Waals surface area contributed by atoms with Crippen LogP contribution in [0.3, 0.4) is 0 Å². The molecule has 0 aliphatic heterocycles. The fraction of sp³-hybridized carbons (Fsp3) is 0.417. The van der Waals surface area contributed by atoms with E-state index >= 15 is 0 Å². The standard InChI is InChI=1S/C12H17NO4S/c1-4-7-13-18(15,16)10-6-5-9(2)11(8-10)12(14)17-3/h5-6,8,13H,4,7H2,1-3H3. The fourth-order valence-electron chi connectivity index (χ4n) is 1.42. The van der Waals surface area contributed by atoms with E-state index in [2.05, 4.69) is 9.46 Å². The first-order valence-electron chi connectivity index (χ1n) is 5.61. The second-order valence-electron chi connectivity index (χ2n) is 3.87. The highest BCUT2D eigenvalue weighted by molar-refractivity contribution is 7.89. The smallest absolute Gasteiger partial charge is 0.338 e. The zero-order valence-electron chi connectivity index (χ0n) is 10.7. The topological polar surface area (TPSA) is 72.5 Å². The summed E-state index contributed by atoms with van der Waals surface area (Å²) < 4.78 is 30.9. The Morgan fingerprint density at radius 3 is 2.61 bits per heavy atom. The normalized spacial score (nSPS) is 11.3. The molecule has 18 heavy (non-hydrogen) atoms. The monoisotopic (exact) mass is 271 g/mol. The second kappa shape index (κ2) is 5.97. The Morgan fingerprint density at radius 2 is 2.06 bits per heavy atom. The summed E-state index contributed by atoms with van der Waals surface area (Å²) in [7, 11) is -2.30. The maximum Gasteiger partial charge on any atom is 0.338 e. The quantitative estimate of drug-likeness (QED) is 0.823. The molecule has 0 aliphatic carbocycles. The molecule has 1 aromatic carbocycles. The summed E-state index contributed by atoms with van der Waals surface area (Å²) >= 11 is 0. The molecule has 0 aromatic heterocycles.